The number of hydrogen-bond donors (Lipinski definition) is 1. The normalized spacial score (nSPS) is 39.5. The van der Waals surface area contributed by atoms with Crippen molar-refractivity contribution in [3.05, 3.63) is 0 Å². The Hall–Kier alpha value is -0.110. The minimum Gasteiger partial charge on any atom is -0.325 e. The predicted molar refractivity (Wildman–Crippen MR) is 45.1 cm³/mol. The van der Waals surface area contributed by atoms with Crippen LogP contribution in [0.5, 0.6) is 0 Å². The molecule has 66 valence electrons. The fourth-order valence-electron chi connectivity index (χ4n) is 1.90. The highest BCUT2D eigenvalue weighted by Gasteiger charge is 2.41. The van der Waals surface area contributed by atoms with E-state index in [1.165, 1.54) is 0 Å². The monoisotopic (exact) mass is 159 g/mol. The van der Waals surface area contributed by atoms with Crippen molar-refractivity contribution in [3.8, 4) is 0 Å². The number of rotatable bonds is 1. The van der Waals surface area contributed by atoms with E-state index in [9.17, 15) is 4.39 Å². The first-order valence-corrected chi connectivity index (χ1v) is 4.52. The van der Waals surface area contributed by atoms with Gasteiger partial charge in [-0.15, -0.1) is 0 Å². The zero-order valence-corrected chi connectivity index (χ0v) is 7.44. The molecule has 1 aliphatic rings. The molecule has 1 aliphatic carbocycles. The molecule has 0 saturated heterocycles. The predicted octanol–water partition coefficient (Wildman–Crippen LogP) is 2.25. The first-order valence-electron chi connectivity index (χ1n) is 4.52. The Kier molecular flexibility index (Phi) is 2.53. The van der Waals surface area contributed by atoms with Crippen LogP contribution in [0.2, 0.25) is 0 Å². The van der Waals surface area contributed by atoms with Crippen molar-refractivity contribution in [2.75, 3.05) is 0 Å². The second-order valence-electron chi connectivity index (χ2n) is 3.93. The molecule has 0 heterocycles. The Morgan fingerprint density at radius 3 is 2.45 bits per heavy atom. The first-order chi connectivity index (χ1) is 5.07. The Morgan fingerprint density at radius 1 is 1.45 bits per heavy atom. The summed E-state index contributed by atoms with van der Waals surface area (Å²) in [6.07, 6.45) is 3.61. The van der Waals surface area contributed by atoms with Crippen LogP contribution in [0.1, 0.15) is 39.5 Å². The standard InChI is InChI=1S/C9H18FN/c1-7(2)9(10)6-4-3-5-8(9)11/h7-8H,3-6,11H2,1-2H3/t8-,9-/m0/s1. The molecule has 1 saturated carbocycles. The van der Waals surface area contributed by atoms with Gasteiger partial charge in [-0.25, -0.2) is 4.39 Å². The van der Waals surface area contributed by atoms with E-state index in [2.05, 4.69) is 0 Å². The summed E-state index contributed by atoms with van der Waals surface area (Å²) in [6, 6.07) is -0.226. The maximum atomic E-state index is 14.0. The van der Waals surface area contributed by atoms with Crippen LogP contribution in [0.4, 0.5) is 4.39 Å². The van der Waals surface area contributed by atoms with Crippen LogP contribution in [0.3, 0.4) is 0 Å². The van der Waals surface area contributed by atoms with Crippen molar-refractivity contribution in [1.82, 2.24) is 0 Å². The van der Waals surface area contributed by atoms with E-state index in [0.29, 0.717) is 6.42 Å². The first kappa shape index (κ1) is 8.98. The molecule has 1 rings (SSSR count). The van der Waals surface area contributed by atoms with Gasteiger partial charge in [-0.2, -0.15) is 0 Å². The summed E-state index contributed by atoms with van der Waals surface area (Å²) in [5, 5.41) is 0. The fourth-order valence-corrected chi connectivity index (χ4v) is 1.90. The van der Waals surface area contributed by atoms with E-state index < -0.39 is 5.67 Å². The van der Waals surface area contributed by atoms with Gasteiger partial charge < -0.3 is 5.73 Å². The molecule has 0 aromatic heterocycles. The smallest absolute Gasteiger partial charge is 0.128 e. The zero-order valence-electron chi connectivity index (χ0n) is 7.44. The zero-order chi connectivity index (χ0) is 8.48. The minimum absolute atomic E-state index is 0.0674. The average molecular weight is 159 g/mol. The molecule has 0 unspecified atom stereocenters. The molecule has 2 heteroatoms. The van der Waals surface area contributed by atoms with Gasteiger partial charge in [0.2, 0.25) is 0 Å². The highest BCUT2D eigenvalue weighted by molar-refractivity contribution is 4.95. The molecule has 0 aromatic rings. The summed E-state index contributed by atoms with van der Waals surface area (Å²) in [7, 11) is 0. The topological polar surface area (TPSA) is 26.0 Å². The van der Waals surface area contributed by atoms with Crippen LogP contribution >= 0.6 is 0 Å². The molecule has 2 N–H and O–H groups in total. The van der Waals surface area contributed by atoms with Gasteiger partial charge in [0.05, 0.1) is 0 Å². The SMILES string of the molecule is CC(C)[C@@]1(F)CCCC[C@@H]1N. The number of nitrogens with two attached hydrogens (primary N) is 1. The molecular formula is C9H18FN. The maximum absolute atomic E-state index is 14.0. The summed E-state index contributed by atoms with van der Waals surface area (Å²) >= 11 is 0. The van der Waals surface area contributed by atoms with Crippen LogP contribution in [-0.2, 0) is 0 Å². The molecular weight excluding hydrogens is 141 g/mol. The molecule has 1 fully saturated rings. The number of hydrogen-bond acceptors (Lipinski definition) is 1. The Balaban J connectivity index is 2.64. The molecule has 0 spiro atoms. The Labute approximate surface area is 68.2 Å². The highest BCUT2D eigenvalue weighted by atomic mass is 19.1. The van der Waals surface area contributed by atoms with Crippen molar-refractivity contribution < 1.29 is 4.39 Å². The van der Waals surface area contributed by atoms with Gasteiger partial charge in [-0.1, -0.05) is 26.7 Å². The number of alkyl halides is 1. The average Bonchev–Trinajstić information content (AvgIpc) is 1.95. The number of halogens is 1. The van der Waals surface area contributed by atoms with Gasteiger partial charge in [-0.3, -0.25) is 0 Å². The molecule has 0 amide bonds. The van der Waals surface area contributed by atoms with Gasteiger partial charge in [0, 0.05) is 6.04 Å². The Bertz CT molecular complexity index is 136. The van der Waals surface area contributed by atoms with E-state index in [1.807, 2.05) is 13.8 Å². The van der Waals surface area contributed by atoms with E-state index >= 15 is 0 Å². The third-order valence-electron chi connectivity index (χ3n) is 2.90. The maximum Gasteiger partial charge on any atom is 0.128 e. The van der Waals surface area contributed by atoms with Crippen LogP contribution in [0.15, 0.2) is 0 Å². The van der Waals surface area contributed by atoms with Gasteiger partial charge in [0.15, 0.2) is 0 Å². The van der Waals surface area contributed by atoms with Crippen LogP contribution < -0.4 is 5.73 Å². The third-order valence-corrected chi connectivity index (χ3v) is 2.90. The highest BCUT2D eigenvalue weighted by Crippen LogP contribution is 2.36. The quantitative estimate of drug-likeness (QED) is 0.624. The summed E-state index contributed by atoms with van der Waals surface area (Å²) in [5.41, 5.74) is 4.65. The van der Waals surface area contributed by atoms with Crippen molar-refractivity contribution in [2.24, 2.45) is 11.7 Å². The van der Waals surface area contributed by atoms with Crippen molar-refractivity contribution in [3.63, 3.8) is 0 Å². The minimum atomic E-state index is -1.09. The lowest BCUT2D eigenvalue weighted by molar-refractivity contribution is 0.0334. The molecule has 0 aliphatic heterocycles. The van der Waals surface area contributed by atoms with E-state index in [-0.39, 0.29) is 12.0 Å². The third kappa shape index (κ3) is 1.56. The lowest BCUT2D eigenvalue weighted by Crippen LogP contribution is -2.50. The van der Waals surface area contributed by atoms with Crippen molar-refractivity contribution >= 4 is 0 Å². The van der Waals surface area contributed by atoms with Gasteiger partial charge in [0.1, 0.15) is 5.67 Å². The Morgan fingerprint density at radius 2 is 2.09 bits per heavy atom. The van der Waals surface area contributed by atoms with E-state index in [4.69, 9.17) is 5.73 Å². The van der Waals surface area contributed by atoms with Gasteiger partial charge >= 0.3 is 0 Å². The van der Waals surface area contributed by atoms with Gasteiger partial charge in [-0.05, 0) is 18.8 Å². The summed E-state index contributed by atoms with van der Waals surface area (Å²) in [4.78, 5) is 0. The molecule has 1 nitrogen and oxygen atoms in total. The van der Waals surface area contributed by atoms with Crippen molar-refractivity contribution in [1.29, 1.82) is 0 Å². The van der Waals surface area contributed by atoms with E-state index in [1.54, 1.807) is 0 Å². The molecule has 0 radical (unpaired) electrons. The largest absolute Gasteiger partial charge is 0.325 e. The molecule has 2 atom stereocenters. The van der Waals surface area contributed by atoms with Crippen LogP contribution in [-0.4, -0.2) is 11.7 Å². The van der Waals surface area contributed by atoms with E-state index in [0.717, 1.165) is 19.3 Å². The van der Waals surface area contributed by atoms with Gasteiger partial charge in [0.25, 0.3) is 0 Å². The summed E-state index contributed by atoms with van der Waals surface area (Å²) in [5.74, 6) is 0.0674. The van der Waals surface area contributed by atoms with Crippen LogP contribution in [0.25, 0.3) is 0 Å². The lowest BCUT2D eigenvalue weighted by atomic mass is 9.75. The van der Waals surface area contributed by atoms with Crippen LogP contribution in [0, 0.1) is 5.92 Å². The summed E-state index contributed by atoms with van der Waals surface area (Å²) in [6.45, 7) is 3.84. The van der Waals surface area contributed by atoms with Crippen molar-refractivity contribution in [2.45, 2.75) is 51.2 Å². The second kappa shape index (κ2) is 3.10. The molecule has 0 bridgehead atoms. The molecule has 0 aromatic carbocycles. The fraction of sp³-hybridized carbons (Fsp3) is 1.00. The summed E-state index contributed by atoms with van der Waals surface area (Å²) < 4.78 is 14.0. The molecule has 11 heavy (non-hydrogen) atoms. The lowest BCUT2D eigenvalue weighted by Gasteiger charge is -2.38. The second-order valence-corrected chi connectivity index (χ2v) is 3.93.